The molecule has 0 bridgehead atoms. The van der Waals surface area contributed by atoms with Crippen molar-refractivity contribution < 1.29 is 28.3 Å². The minimum absolute atomic E-state index is 0.0614. The number of ether oxygens (including phenoxy) is 2. The standard InChI is InChI=1S/C23H27N5O6S/c1-23(2,3)26-21(30)18(14-7-6-10-34-14)28(12-8-9-13(32-4)15(11-12)33-5)22(31)19-16(24)17(20(25)29)27-35-19/h6-11,18H,24H2,1-5H3,(H2,25,29)(H,26,30). The van der Waals surface area contributed by atoms with E-state index in [9.17, 15) is 14.4 Å². The van der Waals surface area contributed by atoms with Gasteiger partial charge in [-0.25, -0.2) is 0 Å². The second kappa shape index (κ2) is 10.1. The average Bonchev–Trinajstić information content (AvgIpc) is 3.45. The van der Waals surface area contributed by atoms with Gasteiger partial charge in [0.1, 0.15) is 10.6 Å². The topological polar surface area (TPSA) is 163 Å². The predicted octanol–water partition coefficient (Wildman–Crippen LogP) is 2.74. The first kappa shape index (κ1) is 25.6. The zero-order chi connectivity index (χ0) is 25.9. The molecular weight excluding hydrogens is 474 g/mol. The van der Waals surface area contributed by atoms with E-state index in [0.29, 0.717) is 23.0 Å². The normalized spacial score (nSPS) is 12.0. The van der Waals surface area contributed by atoms with Gasteiger partial charge in [-0.2, -0.15) is 4.37 Å². The number of nitrogens with zero attached hydrogens (tertiary/aromatic N) is 2. The third-order valence-corrected chi connectivity index (χ3v) is 5.69. The van der Waals surface area contributed by atoms with Crippen LogP contribution in [0.5, 0.6) is 11.5 Å². The largest absolute Gasteiger partial charge is 0.493 e. The number of benzene rings is 1. The number of furan rings is 1. The van der Waals surface area contributed by atoms with E-state index < -0.39 is 29.3 Å². The molecule has 35 heavy (non-hydrogen) atoms. The Bertz CT molecular complexity index is 1230. The Morgan fingerprint density at radius 3 is 2.34 bits per heavy atom. The van der Waals surface area contributed by atoms with E-state index in [1.807, 2.05) is 20.8 Å². The van der Waals surface area contributed by atoms with Gasteiger partial charge in [0.2, 0.25) is 0 Å². The Morgan fingerprint density at radius 1 is 1.14 bits per heavy atom. The molecule has 5 N–H and O–H groups in total. The Morgan fingerprint density at radius 2 is 1.83 bits per heavy atom. The highest BCUT2D eigenvalue weighted by Gasteiger charge is 2.39. The summed E-state index contributed by atoms with van der Waals surface area (Å²) in [4.78, 5) is 40.3. The van der Waals surface area contributed by atoms with Crippen molar-refractivity contribution in [3.05, 3.63) is 52.9 Å². The van der Waals surface area contributed by atoms with Crippen LogP contribution >= 0.6 is 11.5 Å². The van der Waals surface area contributed by atoms with Crippen LogP contribution in [0.3, 0.4) is 0 Å². The Hall–Kier alpha value is -4.06. The molecular formula is C23H27N5O6S. The van der Waals surface area contributed by atoms with E-state index >= 15 is 0 Å². The molecule has 3 rings (SSSR count). The number of rotatable bonds is 8. The number of anilines is 2. The maximum atomic E-state index is 13.9. The molecule has 0 aliphatic carbocycles. The van der Waals surface area contributed by atoms with Gasteiger partial charge in [-0.15, -0.1) is 0 Å². The number of methoxy groups -OCH3 is 2. The van der Waals surface area contributed by atoms with Gasteiger partial charge in [-0.1, -0.05) is 0 Å². The first-order chi connectivity index (χ1) is 16.5. The third-order valence-electron chi connectivity index (χ3n) is 4.84. The highest BCUT2D eigenvalue weighted by molar-refractivity contribution is 7.09. The average molecular weight is 502 g/mol. The van der Waals surface area contributed by atoms with E-state index in [4.69, 9.17) is 25.4 Å². The van der Waals surface area contributed by atoms with Crippen molar-refractivity contribution in [1.82, 2.24) is 9.69 Å². The number of primary amides is 1. The van der Waals surface area contributed by atoms with Crippen LogP contribution in [0.1, 0.15) is 52.7 Å². The van der Waals surface area contributed by atoms with Gasteiger partial charge >= 0.3 is 0 Å². The van der Waals surface area contributed by atoms with E-state index in [2.05, 4.69) is 9.69 Å². The summed E-state index contributed by atoms with van der Waals surface area (Å²) in [6, 6.07) is 6.68. The van der Waals surface area contributed by atoms with E-state index in [0.717, 1.165) is 0 Å². The molecule has 0 aliphatic heterocycles. The van der Waals surface area contributed by atoms with Gasteiger partial charge in [0, 0.05) is 17.3 Å². The summed E-state index contributed by atoms with van der Waals surface area (Å²) in [5, 5.41) is 2.89. The maximum absolute atomic E-state index is 13.9. The van der Waals surface area contributed by atoms with Gasteiger partial charge in [-0.05, 0) is 56.6 Å². The van der Waals surface area contributed by atoms with Crippen LogP contribution in [0.4, 0.5) is 11.4 Å². The third kappa shape index (κ3) is 5.38. The lowest BCUT2D eigenvalue weighted by Gasteiger charge is -2.32. The molecule has 3 aromatic rings. The lowest BCUT2D eigenvalue weighted by molar-refractivity contribution is -0.124. The molecule has 186 valence electrons. The monoisotopic (exact) mass is 501 g/mol. The lowest BCUT2D eigenvalue weighted by atomic mass is 10.0. The fraction of sp³-hybridized carbons (Fsp3) is 0.304. The fourth-order valence-electron chi connectivity index (χ4n) is 3.36. The van der Waals surface area contributed by atoms with E-state index in [-0.39, 0.29) is 27.7 Å². The molecule has 0 saturated heterocycles. The Labute approximate surface area is 206 Å². The summed E-state index contributed by atoms with van der Waals surface area (Å²) in [5.41, 5.74) is 10.7. The molecule has 2 heterocycles. The number of nitrogen functional groups attached to an aromatic ring is 1. The van der Waals surface area contributed by atoms with Crippen LogP contribution in [0.2, 0.25) is 0 Å². The number of amides is 3. The molecule has 0 saturated carbocycles. The van der Waals surface area contributed by atoms with Crippen molar-refractivity contribution in [2.45, 2.75) is 32.4 Å². The molecule has 1 atom stereocenters. The van der Waals surface area contributed by atoms with Gasteiger partial charge in [0.05, 0.1) is 26.2 Å². The van der Waals surface area contributed by atoms with Crippen LogP contribution < -0.4 is 31.2 Å². The SMILES string of the molecule is COc1ccc(N(C(=O)c2snc(C(N)=O)c2N)C(C(=O)NC(C)(C)C)c2ccco2)cc1OC. The van der Waals surface area contributed by atoms with Gasteiger partial charge in [0.25, 0.3) is 17.7 Å². The van der Waals surface area contributed by atoms with Crippen molar-refractivity contribution in [2.75, 3.05) is 24.9 Å². The Kier molecular flexibility index (Phi) is 7.34. The minimum Gasteiger partial charge on any atom is -0.493 e. The smallest absolute Gasteiger partial charge is 0.273 e. The summed E-state index contributed by atoms with van der Waals surface area (Å²) in [6.45, 7) is 5.44. The molecule has 0 radical (unpaired) electrons. The zero-order valence-corrected chi connectivity index (χ0v) is 20.8. The van der Waals surface area contributed by atoms with Crippen LogP contribution in [0, 0.1) is 0 Å². The Balaban J connectivity index is 2.24. The molecule has 2 aromatic heterocycles. The lowest BCUT2D eigenvalue weighted by Crippen LogP contribution is -2.49. The first-order valence-electron chi connectivity index (χ1n) is 10.4. The molecule has 0 spiro atoms. The van der Waals surface area contributed by atoms with E-state index in [1.165, 1.54) is 25.4 Å². The minimum atomic E-state index is -1.24. The second-order valence-corrected chi connectivity index (χ2v) is 9.28. The van der Waals surface area contributed by atoms with Crippen molar-refractivity contribution in [3.63, 3.8) is 0 Å². The molecule has 1 aromatic carbocycles. The highest BCUT2D eigenvalue weighted by atomic mass is 32.1. The maximum Gasteiger partial charge on any atom is 0.273 e. The summed E-state index contributed by atoms with van der Waals surface area (Å²) < 4.78 is 20.2. The van der Waals surface area contributed by atoms with Crippen molar-refractivity contribution >= 4 is 40.6 Å². The second-order valence-electron chi connectivity index (χ2n) is 8.51. The predicted molar refractivity (Wildman–Crippen MR) is 131 cm³/mol. The number of carbonyl (C=O) groups is 3. The molecule has 1 unspecified atom stereocenters. The van der Waals surface area contributed by atoms with Crippen LogP contribution in [0.15, 0.2) is 41.0 Å². The van der Waals surface area contributed by atoms with Crippen molar-refractivity contribution in [2.24, 2.45) is 5.73 Å². The van der Waals surface area contributed by atoms with Crippen LogP contribution in [0.25, 0.3) is 0 Å². The summed E-state index contributed by atoms with van der Waals surface area (Å²) >= 11 is 0.707. The number of carbonyl (C=O) groups excluding carboxylic acids is 3. The number of aromatic nitrogens is 1. The summed E-state index contributed by atoms with van der Waals surface area (Å²) in [7, 11) is 2.93. The number of nitrogens with two attached hydrogens (primary N) is 2. The summed E-state index contributed by atoms with van der Waals surface area (Å²) in [5.74, 6) is -1.12. The van der Waals surface area contributed by atoms with Crippen LogP contribution in [-0.2, 0) is 4.79 Å². The van der Waals surface area contributed by atoms with Crippen molar-refractivity contribution in [3.8, 4) is 11.5 Å². The quantitative estimate of drug-likeness (QED) is 0.424. The van der Waals surface area contributed by atoms with Gasteiger partial charge < -0.3 is 30.7 Å². The van der Waals surface area contributed by atoms with Gasteiger partial charge in [-0.3, -0.25) is 19.3 Å². The molecule has 0 fully saturated rings. The fourth-order valence-corrected chi connectivity index (χ4v) is 4.10. The molecule has 0 aliphatic rings. The zero-order valence-electron chi connectivity index (χ0n) is 19.9. The molecule has 3 amide bonds. The van der Waals surface area contributed by atoms with Crippen LogP contribution in [-0.4, -0.2) is 41.9 Å². The molecule has 12 heteroatoms. The number of hydrogen-bond donors (Lipinski definition) is 3. The first-order valence-corrected chi connectivity index (χ1v) is 11.2. The highest BCUT2D eigenvalue weighted by Crippen LogP contribution is 2.38. The van der Waals surface area contributed by atoms with Gasteiger partial charge in [0.15, 0.2) is 23.2 Å². The number of hydrogen-bond acceptors (Lipinski definition) is 9. The number of nitrogens with one attached hydrogen (secondary N) is 1. The molecule has 11 nitrogen and oxygen atoms in total. The summed E-state index contributed by atoms with van der Waals surface area (Å²) in [6.07, 6.45) is 1.40. The van der Waals surface area contributed by atoms with E-state index in [1.54, 1.807) is 30.3 Å². The van der Waals surface area contributed by atoms with Crippen molar-refractivity contribution in [1.29, 1.82) is 0 Å².